The number of aliphatic hydroxyl groups is 1. The SMILES string of the molecule is CCC(C)N(CC)c1cccc(F)c1[C@@H](C)O. The van der Waals surface area contributed by atoms with Gasteiger partial charge in [-0.3, -0.25) is 0 Å². The van der Waals surface area contributed by atoms with Crippen LogP contribution >= 0.6 is 0 Å². The van der Waals surface area contributed by atoms with Crippen LogP contribution in [0.1, 0.15) is 45.8 Å². The highest BCUT2D eigenvalue weighted by atomic mass is 19.1. The molecule has 1 N–H and O–H groups in total. The van der Waals surface area contributed by atoms with Crippen molar-refractivity contribution in [2.45, 2.75) is 46.3 Å². The summed E-state index contributed by atoms with van der Waals surface area (Å²) in [5.41, 5.74) is 1.20. The number of nitrogens with zero attached hydrogens (tertiary/aromatic N) is 1. The number of benzene rings is 1. The maximum atomic E-state index is 13.8. The van der Waals surface area contributed by atoms with Gasteiger partial charge in [-0.25, -0.2) is 4.39 Å². The standard InChI is InChI=1S/C14H22FNO/c1-5-10(3)16(6-2)13-9-7-8-12(15)14(13)11(4)17/h7-11,17H,5-6H2,1-4H3/t10?,11-/m1/s1. The molecule has 2 atom stereocenters. The highest BCUT2D eigenvalue weighted by Crippen LogP contribution is 2.30. The second-order valence-corrected chi connectivity index (χ2v) is 4.39. The second-order valence-electron chi connectivity index (χ2n) is 4.39. The van der Waals surface area contributed by atoms with Gasteiger partial charge in [0.15, 0.2) is 0 Å². The van der Waals surface area contributed by atoms with Crippen LogP contribution in [0.3, 0.4) is 0 Å². The minimum atomic E-state index is -0.788. The first kappa shape index (κ1) is 14.0. The summed E-state index contributed by atoms with van der Waals surface area (Å²) >= 11 is 0. The Morgan fingerprint density at radius 3 is 2.41 bits per heavy atom. The molecule has 0 radical (unpaired) electrons. The van der Waals surface area contributed by atoms with Crippen LogP contribution in [0.15, 0.2) is 18.2 Å². The fourth-order valence-electron chi connectivity index (χ4n) is 2.13. The Hall–Kier alpha value is -1.09. The largest absolute Gasteiger partial charge is 0.389 e. The van der Waals surface area contributed by atoms with E-state index in [0.29, 0.717) is 11.6 Å². The molecule has 1 rings (SSSR count). The number of hydrogen-bond donors (Lipinski definition) is 1. The number of rotatable bonds is 5. The van der Waals surface area contributed by atoms with Gasteiger partial charge in [0.2, 0.25) is 0 Å². The van der Waals surface area contributed by atoms with Crippen molar-refractivity contribution in [1.29, 1.82) is 0 Å². The zero-order valence-corrected chi connectivity index (χ0v) is 11.1. The summed E-state index contributed by atoms with van der Waals surface area (Å²) in [7, 11) is 0. The van der Waals surface area contributed by atoms with E-state index in [1.54, 1.807) is 13.0 Å². The fourth-order valence-corrected chi connectivity index (χ4v) is 2.13. The molecule has 17 heavy (non-hydrogen) atoms. The lowest BCUT2D eigenvalue weighted by Gasteiger charge is -2.32. The van der Waals surface area contributed by atoms with E-state index in [2.05, 4.69) is 18.7 Å². The van der Waals surface area contributed by atoms with Crippen LogP contribution in [-0.4, -0.2) is 17.7 Å². The van der Waals surface area contributed by atoms with Crippen molar-refractivity contribution in [1.82, 2.24) is 0 Å². The van der Waals surface area contributed by atoms with Gasteiger partial charge >= 0.3 is 0 Å². The highest BCUT2D eigenvalue weighted by molar-refractivity contribution is 5.55. The third-order valence-electron chi connectivity index (χ3n) is 3.22. The highest BCUT2D eigenvalue weighted by Gasteiger charge is 2.19. The lowest BCUT2D eigenvalue weighted by molar-refractivity contribution is 0.194. The van der Waals surface area contributed by atoms with Crippen molar-refractivity contribution in [3.8, 4) is 0 Å². The van der Waals surface area contributed by atoms with Crippen molar-refractivity contribution in [3.63, 3.8) is 0 Å². The first-order chi connectivity index (χ1) is 8.02. The van der Waals surface area contributed by atoms with Crippen LogP contribution < -0.4 is 4.90 Å². The predicted molar refractivity (Wildman–Crippen MR) is 69.8 cm³/mol. The van der Waals surface area contributed by atoms with E-state index in [-0.39, 0.29) is 5.82 Å². The molecule has 3 heteroatoms. The lowest BCUT2D eigenvalue weighted by Crippen LogP contribution is -2.33. The molecule has 0 saturated carbocycles. The summed E-state index contributed by atoms with van der Waals surface area (Å²) in [5, 5.41) is 9.72. The molecule has 0 aliphatic heterocycles. The molecule has 2 nitrogen and oxygen atoms in total. The Bertz CT molecular complexity index is 365. The monoisotopic (exact) mass is 239 g/mol. The van der Waals surface area contributed by atoms with E-state index in [0.717, 1.165) is 18.7 Å². The zero-order valence-electron chi connectivity index (χ0n) is 11.1. The minimum absolute atomic E-state index is 0.333. The summed E-state index contributed by atoms with van der Waals surface area (Å²) in [6.45, 7) is 8.67. The molecule has 1 unspecified atom stereocenters. The summed E-state index contributed by atoms with van der Waals surface area (Å²) < 4.78 is 13.8. The third kappa shape index (κ3) is 2.97. The molecular weight excluding hydrogens is 217 g/mol. The Labute approximate surface area is 103 Å². The van der Waals surface area contributed by atoms with Gasteiger partial charge in [0.1, 0.15) is 5.82 Å². The van der Waals surface area contributed by atoms with Crippen LogP contribution in [0, 0.1) is 5.82 Å². The predicted octanol–water partition coefficient (Wildman–Crippen LogP) is 3.50. The summed E-state index contributed by atoms with van der Waals surface area (Å²) in [5.74, 6) is -0.334. The van der Waals surface area contributed by atoms with Gasteiger partial charge in [-0.15, -0.1) is 0 Å². The van der Waals surface area contributed by atoms with Crippen molar-refractivity contribution in [2.75, 3.05) is 11.4 Å². The Morgan fingerprint density at radius 1 is 1.29 bits per heavy atom. The second kappa shape index (κ2) is 6.01. The minimum Gasteiger partial charge on any atom is -0.389 e. The fraction of sp³-hybridized carbons (Fsp3) is 0.571. The van der Waals surface area contributed by atoms with E-state index >= 15 is 0 Å². The molecule has 0 spiro atoms. The van der Waals surface area contributed by atoms with Gasteiger partial charge in [0.25, 0.3) is 0 Å². The van der Waals surface area contributed by atoms with E-state index in [1.807, 2.05) is 13.0 Å². The Kier molecular flexibility index (Phi) is 4.94. The molecule has 0 aromatic heterocycles. The first-order valence-corrected chi connectivity index (χ1v) is 6.26. The Balaban J connectivity index is 3.23. The molecule has 0 saturated heterocycles. The van der Waals surface area contributed by atoms with E-state index in [9.17, 15) is 9.50 Å². The van der Waals surface area contributed by atoms with Gasteiger partial charge in [0, 0.05) is 23.8 Å². The summed E-state index contributed by atoms with van der Waals surface area (Å²) in [4.78, 5) is 2.13. The van der Waals surface area contributed by atoms with Crippen LogP contribution in [-0.2, 0) is 0 Å². The van der Waals surface area contributed by atoms with Gasteiger partial charge in [0.05, 0.1) is 6.10 Å². The maximum absolute atomic E-state index is 13.8. The third-order valence-corrected chi connectivity index (χ3v) is 3.22. The molecule has 1 aromatic rings. The number of aliphatic hydroxyl groups excluding tert-OH is 1. The van der Waals surface area contributed by atoms with Crippen LogP contribution in [0.5, 0.6) is 0 Å². The molecule has 0 heterocycles. The number of anilines is 1. The lowest BCUT2D eigenvalue weighted by atomic mass is 10.0. The summed E-state index contributed by atoms with van der Waals surface area (Å²) in [6.07, 6.45) is 0.202. The molecule has 0 bridgehead atoms. The molecule has 0 amide bonds. The van der Waals surface area contributed by atoms with E-state index in [4.69, 9.17) is 0 Å². The first-order valence-electron chi connectivity index (χ1n) is 6.26. The normalized spacial score (nSPS) is 14.5. The smallest absolute Gasteiger partial charge is 0.131 e. The Morgan fingerprint density at radius 2 is 1.94 bits per heavy atom. The average molecular weight is 239 g/mol. The molecule has 96 valence electrons. The molecular formula is C14H22FNO. The topological polar surface area (TPSA) is 23.5 Å². The van der Waals surface area contributed by atoms with E-state index < -0.39 is 6.10 Å². The number of hydrogen-bond acceptors (Lipinski definition) is 2. The van der Waals surface area contributed by atoms with Crippen molar-refractivity contribution in [2.24, 2.45) is 0 Å². The molecule has 0 aliphatic rings. The number of halogens is 1. The van der Waals surface area contributed by atoms with E-state index in [1.165, 1.54) is 6.07 Å². The van der Waals surface area contributed by atoms with Gasteiger partial charge in [-0.1, -0.05) is 13.0 Å². The van der Waals surface area contributed by atoms with Crippen LogP contribution in [0.2, 0.25) is 0 Å². The van der Waals surface area contributed by atoms with Gasteiger partial charge in [-0.2, -0.15) is 0 Å². The van der Waals surface area contributed by atoms with Crippen LogP contribution in [0.4, 0.5) is 10.1 Å². The molecule has 0 aliphatic carbocycles. The van der Waals surface area contributed by atoms with Gasteiger partial charge < -0.3 is 10.0 Å². The quantitative estimate of drug-likeness (QED) is 0.850. The maximum Gasteiger partial charge on any atom is 0.131 e. The molecule has 1 aromatic carbocycles. The van der Waals surface area contributed by atoms with Crippen LogP contribution in [0.25, 0.3) is 0 Å². The van der Waals surface area contributed by atoms with Crippen molar-refractivity contribution in [3.05, 3.63) is 29.6 Å². The zero-order chi connectivity index (χ0) is 13.0. The van der Waals surface area contributed by atoms with Gasteiger partial charge in [-0.05, 0) is 39.3 Å². The summed E-state index contributed by atoms with van der Waals surface area (Å²) in [6, 6.07) is 5.30. The molecule has 0 fully saturated rings. The van der Waals surface area contributed by atoms with Crippen molar-refractivity contribution >= 4 is 5.69 Å². The van der Waals surface area contributed by atoms with Crippen molar-refractivity contribution < 1.29 is 9.50 Å². The average Bonchev–Trinajstić information content (AvgIpc) is 2.29.